The van der Waals surface area contributed by atoms with E-state index in [4.69, 9.17) is 18.9 Å². The van der Waals surface area contributed by atoms with Gasteiger partial charge in [-0.1, -0.05) is 12.1 Å². The summed E-state index contributed by atoms with van der Waals surface area (Å²) in [4.78, 5) is 41.2. The average Bonchev–Trinajstić information content (AvgIpc) is 3.92. The van der Waals surface area contributed by atoms with Crippen LogP contribution in [0.5, 0.6) is 11.5 Å². The lowest BCUT2D eigenvalue weighted by molar-refractivity contribution is -0.374. The first-order valence-corrected chi connectivity index (χ1v) is 19.0. The SMILES string of the molecule is Cc1cc(=O)c2cc3c(c(-n4cc5cc[nH]c5c4)c2o1)OC1(CCCC(C2CNC(=O)C2)C1)C(OOCC(O)(Cc1ccc(O)cc1)C(O)C(O)C(O)CO)C3. The van der Waals surface area contributed by atoms with E-state index in [1.54, 1.807) is 13.0 Å². The molecule has 1 aliphatic carbocycles. The molecule has 3 aromatic heterocycles. The van der Waals surface area contributed by atoms with Crippen LogP contribution in [0, 0.1) is 18.8 Å². The summed E-state index contributed by atoms with van der Waals surface area (Å²) in [6, 6.07) is 11.0. The number of carbonyl (C=O) groups is 1. The lowest BCUT2D eigenvalue weighted by Gasteiger charge is -2.49. The zero-order valence-corrected chi connectivity index (χ0v) is 30.9. The van der Waals surface area contributed by atoms with Crippen molar-refractivity contribution in [1.82, 2.24) is 14.9 Å². The Morgan fingerprint density at radius 2 is 1.88 bits per heavy atom. The number of nitrogens with zero attached hydrogens (tertiary/aromatic N) is 1. The van der Waals surface area contributed by atoms with Gasteiger partial charge in [0.15, 0.2) is 16.8 Å². The Labute approximate surface area is 321 Å². The normalized spacial score (nSPS) is 25.1. The van der Waals surface area contributed by atoms with Crippen molar-refractivity contribution in [2.45, 2.75) is 87.5 Å². The Hall–Kier alpha value is -4.74. The first kappa shape index (κ1) is 38.1. The third-order valence-corrected chi connectivity index (χ3v) is 11.9. The van der Waals surface area contributed by atoms with Gasteiger partial charge in [-0.2, -0.15) is 0 Å². The van der Waals surface area contributed by atoms with E-state index in [-0.39, 0.29) is 41.8 Å². The molecule has 1 saturated heterocycles. The second-order valence-corrected chi connectivity index (χ2v) is 15.8. The molecule has 2 aromatic carbocycles. The van der Waals surface area contributed by atoms with Crippen molar-refractivity contribution < 1.29 is 54.4 Å². The molecule has 2 fully saturated rings. The van der Waals surface area contributed by atoms with E-state index in [1.807, 2.05) is 29.2 Å². The highest BCUT2D eigenvalue weighted by molar-refractivity contribution is 5.91. The summed E-state index contributed by atoms with van der Waals surface area (Å²) in [7, 11) is 0. The molecular formula is C41H47N3O12. The number of aryl methyl sites for hydroxylation is 1. The fourth-order valence-corrected chi connectivity index (χ4v) is 8.90. The predicted molar refractivity (Wildman–Crippen MR) is 201 cm³/mol. The third kappa shape index (κ3) is 7.08. The number of benzene rings is 2. The van der Waals surface area contributed by atoms with Gasteiger partial charge in [0.05, 0.1) is 17.5 Å². The van der Waals surface area contributed by atoms with Crippen LogP contribution in [-0.2, 0) is 27.4 Å². The number of hydrogen-bond donors (Lipinski definition) is 8. The summed E-state index contributed by atoms with van der Waals surface area (Å²) < 4.78 is 15.4. The summed E-state index contributed by atoms with van der Waals surface area (Å²) in [6.07, 6.45) is 2.16. The lowest BCUT2D eigenvalue weighted by atomic mass is 9.68. The van der Waals surface area contributed by atoms with Crippen LogP contribution in [0.1, 0.15) is 49.0 Å². The number of aromatic nitrogens is 2. The molecule has 2 aliphatic heterocycles. The first-order chi connectivity index (χ1) is 26.9. The van der Waals surface area contributed by atoms with Gasteiger partial charge in [-0.15, -0.1) is 0 Å². The van der Waals surface area contributed by atoms with E-state index in [0.29, 0.717) is 65.1 Å². The van der Waals surface area contributed by atoms with Crippen LogP contribution in [0.25, 0.3) is 27.6 Å². The first-order valence-electron chi connectivity index (χ1n) is 19.0. The molecule has 8 atom stereocenters. The quantitative estimate of drug-likeness (QED) is 0.0676. The number of phenols is 1. The van der Waals surface area contributed by atoms with Gasteiger partial charge >= 0.3 is 0 Å². The number of aromatic hydroxyl groups is 1. The number of aliphatic hydroxyl groups excluding tert-OH is 4. The molecule has 0 radical (unpaired) electrons. The molecule has 1 amide bonds. The number of ether oxygens (including phenoxy) is 1. The fraction of sp³-hybridized carbons (Fsp3) is 0.463. The maximum Gasteiger partial charge on any atom is 0.220 e. The third-order valence-electron chi connectivity index (χ3n) is 11.9. The maximum atomic E-state index is 13.5. The zero-order chi connectivity index (χ0) is 39.4. The molecule has 1 saturated carbocycles. The Kier molecular flexibility index (Phi) is 10.2. The van der Waals surface area contributed by atoms with Crippen LogP contribution < -0.4 is 15.5 Å². The minimum atomic E-state index is -2.25. The van der Waals surface area contributed by atoms with Gasteiger partial charge < -0.3 is 54.7 Å². The topological polar surface area (TPSA) is 229 Å². The van der Waals surface area contributed by atoms with Crippen LogP contribution in [0.3, 0.4) is 0 Å². The minimum absolute atomic E-state index is 0.00288. The van der Waals surface area contributed by atoms with Crippen LogP contribution in [0.4, 0.5) is 0 Å². The Balaban J connectivity index is 1.18. The Morgan fingerprint density at radius 1 is 1.07 bits per heavy atom. The molecule has 5 aromatic rings. The van der Waals surface area contributed by atoms with Gasteiger partial charge in [-0.25, -0.2) is 9.78 Å². The van der Waals surface area contributed by atoms with E-state index in [0.717, 1.165) is 23.7 Å². The molecule has 8 rings (SSSR count). The van der Waals surface area contributed by atoms with E-state index >= 15 is 0 Å². The molecule has 8 N–H and O–H groups in total. The van der Waals surface area contributed by atoms with Gasteiger partial charge in [-0.3, -0.25) is 9.59 Å². The van der Waals surface area contributed by atoms with Crippen molar-refractivity contribution >= 4 is 27.8 Å². The molecule has 15 nitrogen and oxygen atoms in total. The lowest BCUT2D eigenvalue weighted by Crippen LogP contribution is -2.58. The van der Waals surface area contributed by atoms with Crippen molar-refractivity contribution in [2.24, 2.45) is 11.8 Å². The largest absolute Gasteiger partial charge is 0.508 e. The monoisotopic (exact) mass is 773 g/mol. The Morgan fingerprint density at radius 3 is 2.61 bits per heavy atom. The number of H-pyrrole nitrogens is 1. The van der Waals surface area contributed by atoms with Gasteiger partial charge in [0.25, 0.3) is 0 Å². The van der Waals surface area contributed by atoms with Crippen LogP contribution in [0.15, 0.2) is 70.3 Å². The Bertz CT molecular complexity index is 2250. The molecule has 5 heterocycles. The smallest absolute Gasteiger partial charge is 0.220 e. The number of fused-ring (bicyclic) bond motifs is 3. The molecule has 8 unspecified atom stereocenters. The van der Waals surface area contributed by atoms with Crippen molar-refractivity contribution in [3.63, 3.8) is 0 Å². The summed E-state index contributed by atoms with van der Waals surface area (Å²) in [5, 5.41) is 67.5. The van der Waals surface area contributed by atoms with Gasteiger partial charge in [0, 0.05) is 61.4 Å². The molecule has 298 valence electrons. The standard InChI is InChI=1S/C41H47N3O12/c1-22-11-31(47)29-12-26-13-33(56-53-21-40(52,39(51)36(50)32(48)20-45)15-23-4-6-28(46)7-5-23)41(9-2-3-24(16-41)27-14-34(49)43-17-27)55-37(26)35(38(29)54-22)44-18-25-8-10-42-30(25)19-44/h4-8,10-12,18-19,24,27,32-33,36,39,42,45-46,48,50-52H,2-3,9,13-17,20-21H2,1H3,(H,43,49). The number of phenolic OH excluding ortho intramolecular Hbond substituents is 1. The molecule has 0 bridgehead atoms. The summed E-state index contributed by atoms with van der Waals surface area (Å²) in [5.41, 5.74) is -0.571. The molecule has 15 heteroatoms. The van der Waals surface area contributed by atoms with E-state index in [9.17, 15) is 40.2 Å². The van der Waals surface area contributed by atoms with Gasteiger partial charge in [0.1, 0.15) is 59.4 Å². The highest BCUT2D eigenvalue weighted by atomic mass is 17.2. The minimum Gasteiger partial charge on any atom is -0.508 e. The number of hydrogen-bond acceptors (Lipinski definition) is 12. The summed E-state index contributed by atoms with van der Waals surface area (Å²) >= 11 is 0. The van der Waals surface area contributed by atoms with Gasteiger partial charge in [-0.05, 0) is 74.3 Å². The number of nitrogens with one attached hydrogen (secondary N) is 2. The van der Waals surface area contributed by atoms with Crippen LogP contribution in [-0.4, -0.2) is 101 Å². The van der Waals surface area contributed by atoms with E-state index < -0.39 is 48.8 Å². The van der Waals surface area contributed by atoms with Crippen molar-refractivity contribution in [3.8, 4) is 17.2 Å². The fourth-order valence-electron chi connectivity index (χ4n) is 8.90. The number of rotatable bonds is 12. The molecular weight excluding hydrogens is 726 g/mol. The van der Waals surface area contributed by atoms with Gasteiger partial charge in [0.2, 0.25) is 5.91 Å². The predicted octanol–water partition coefficient (Wildman–Crippen LogP) is 2.44. The molecule has 3 aliphatic rings. The number of amides is 1. The van der Waals surface area contributed by atoms with Crippen molar-refractivity contribution in [2.75, 3.05) is 19.8 Å². The second kappa shape index (κ2) is 15.0. The highest BCUT2D eigenvalue weighted by Crippen LogP contribution is 2.50. The van der Waals surface area contributed by atoms with Crippen molar-refractivity contribution in [3.05, 3.63) is 88.2 Å². The van der Waals surface area contributed by atoms with E-state index in [1.165, 1.54) is 30.3 Å². The molecule has 1 spiro atoms. The zero-order valence-electron chi connectivity index (χ0n) is 30.9. The number of aromatic amines is 1. The number of aliphatic hydroxyl groups is 5. The van der Waals surface area contributed by atoms with Crippen LogP contribution >= 0.6 is 0 Å². The van der Waals surface area contributed by atoms with Crippen LogP contribution in [0.2, 0.25) is 0 Å². The number of carbonyl (C=O) groups excluding carboxylic acids is 1. The van der Waals surface area contributed by atoms with E-state index in [2.05, 4.69) is 10.3 Å². The van der Waals surface area contributed by atoms with Crippen molar-refractivity contribution in [1.29, 1.82) is 0 Å². The molecule has 56 heavy (non-hydrogen) atoms. The maximum absolute atomic E-state index is 13.5. The highest BCUT2D eigenvalue weighted by Gasteiger charge is 2.53. The average molecular weight is 774 g/mol. The summed E-state index contributed by atoms with van der Waals surface area (Å²) in [6.45, 7) is 0.718. The second-order valence-electron chi connectivity index (χ2n) is 15.8. The summed E-state index contributed by atoms with van der Waals surface area (Å²) in [5.74, 6) is 1.12.